The Morgan fingerprint density at radius 2 is 1.83 bits per heavy atom. The van der Waals surface area contributed by atoms with Crippen molar-refractivity contribution in [1.29, 1.82) is 0 Å². The fourth-order valence-electron chi connectivity index (χ4n) is 3.93. The minimum absolute atomic E-state index is 0.436. The quantitative estimate of drug-likeness (QED) is 0.539. The van der Waals surface area contributed by atoms with Gasteiger partial charge in [0.15, 0.2) is 5.16 Å². The summed E-state index contributed by atoms with van der Waals surface area (Å²) in [6.45, 7) is 3.13. The zero-order valence-electron chi connectivity index (χ0n) is 17.1. The van der Waals surface area contributed by atoms with Gasteiger partial charge in [-0.3, -0.25) is 4.90 Å². The minimum Gasteiger partial charge on any atom is -0.497 e. The van der Waals surface area contributed by atoms with Crippen molar-refractivity contribution in [3.63, 3.8) is 0 Å². The fourth-order valence-corrected chi connectivity index (χ4v) is 4.80. The van der Waals surface area contributed by atoms with Crippen LogP contribution >= 0.6 is 11.8 Å². The van der Waals surface area contributed by atoms with Gasteiger partial charge in [-0.2, -0.15) is 0 Å². The normalized spacial score (nSPS) is 17.4. The smallest absolute Gasteiger partial charge is 0.191 e. The summed E-state index contributed by atoms with van der Waals surface area (Å²) in [6.07, 6.45) is 2.37. The van der Waals surface area contributed by atoms with E-state index in [0.29, 0.717) is 5.92 Å². The Kier molecular flexibility index (Phi) is 6.52. The lowest BCUT2D eigenvalue weighted by atomic mass is 9.96. The van der Waals surface area contributed by atoms with Crippen LogP contribution in [-0.2, 0) is 19.3 Å². The van der Waals surface area contributed by atoms with Crippen LogP contribution in [0.4, 0.5) is 0 Å². The number of hydrogen-bond donors (Lipinski definition) is 0. The summed E-state index contributed by atoms with van der Waals surface area (Å²) >= 11 is 1.76. The van der Waals surface area contributed by atoms with Crippen LogP contribution in [0.2, 0.25) is 0 Å². The van der Waals surface area contributed by atoms with Gasteiger partial charge in [0.25, 0.3) is 0 Å². The van der Waals surface area contributed by atoms with Crippen LogP contribution in [-0.4, -0.2) is 39.9 Å². The Morgan fingerprint density at radius 1 is 1.03 bits per heavy atom. The van der Waals surface area contributed by atoms with E-state index in [1.165, 1.54) is 24.0 Å². The second-order valence-corrected chi connectivity index (χ2v) is 8.54. The van der Waals surface area contributed by atoms with Crippen molar-refractivity contribution in [2.75, 3.05) is 20.2 Å². The summed E-state index contributed by atoms with van der Waals surface area (Å²) in [5.41, 5.74) is 2.63. The van der Waals surface area contributed by atoms with E-state index >= 15 is 0 Å². The SMILES string of the molecule is COc1ccc(CN2CCCC(c3nnc(SCc4ccccc4)n3C)C2)cc1. The number of rotatable bonds is 7. The number of methoxy groups -OCH3 is 1. The van der Waals surface area contributed by atoms with Gasteiger partial charge in [-0.1, -0.05) is 54.2 Å². The molecule has 1 fully saturated rings. The maximum absolute atomic E-state index is 5.26. The predicted molar refractivity (Wildman–Crippen MR) is 117 cm³/mol. The number of nitrogens with zero attached hydrogens (tertiary/aromatic N) is 4. The van der Waals surface area contributed by atoms with E-state index in [4.69, 9.17) is 4.74 Å². The van der Waals surface area contributed by atoms with Gasteiger partial charge in [0.1, 0.15) is 11.6 Å². The number of thioether (sulfide) groups is 1. The lowest BCUT2D eigenvalue weighted by Gasteiger charge is -2.32. The number of aromatic nitrogens is 3. The Hall–Kier alpha value is -2.31. The first-order valence-electron chi connectivity index (χ1n) is 10.1. The second-order valence-electron chi connectivity index (χ2n) is 7.60. The molecule has 1 saturated heterocycles. The molecule has 5 nitrogen and oxygen atoms in total. The van der Waals surface area contributed by atoms with E-state index in [0.717, 1.165) is 42.1 Å². The molecule has 2 heterocycles. The van der Waals surface area contributed by atoms with E-state index in [1.807, 2.05) is 12.1 Å². The molecule has 4 rings (SSSR count). The first-order valence-corrected chi connectivity index (χ1v) is 11.1. The van der Waals surface area contributed by atoms with Crippen LogP contribution in [0.1, 0.15) is 35.7 Å². The van der Waals surface area contributed by atoms with Crippen LogP contribution in [0.5, 0.6) is 5.75 Å². The maximum Gasteiger partial charge on any atom is 0.191 e. The highest BCUT2D eigenvalue weighted by molar-refractivity contribution is 7.98. The molecule has 1 atom stereocenters. The monoisotopic (exact) mass is 408 g/mol. The highest BCUT2D eigenvalue weighted by Gasteiger charge is 2.26. The van der Waals surface area contributed by atoms with Gasteiger partial charge in [-0.05, 0) is 42.6 Å². The lowest BCUT2D eigenvalue weighted by Crippen LogP contribution is -2.34. The van der Waals surface area contributed by atoms with Crippen molar-refractivity contribution in [2.45, 2.75) is 36.2 Å². The van der Waals surface area contributed by atoms with Crippen molar-refractivity contribution in [2.24, 2.45) is 7.05 Å². The van der Waals surface area contributed by atoms with Gasteiger partial charge in [0.05, 0.1) is 7.11 Å². The van der Waals surface area contributed by atoms with Crippen LogP contribution in [0.3, 0.4) is 0 Å². The van der Waals surface area contributed by atoms with Crippen LogP contribution < -0.4 is 4.74 Å². The molecule has 152 valence electrons. The summed E-state index contributed by atoms with van der Waals surface area (Å²) in [4.78, 5) is 2.53. The topological polar surface area (TPSA) is 43.2 Å². The third kappa shape index (κ3) is 5.00. The summed E-state index contributed by atoms with van der Waals surface area (Å²) in [6, 6.07) is 18.9. The predicted octanol–water partition coefficient (Wildman–Crippen LogP) is 4.50. The number of likely N-dealkylation sites (tertiary alicyclic amines) is 1. The van der Waals surface area contributed by atoms with E-state index < -0.39 is 0 Å². The Bertz CT molecular complexity index is 910. The van der Waals surface area contributed by atoms with Crippen molar-refractivity contribution < 1.29 is 4.74 Å². The third-order valence-corrected chi connectivity index (χ3v) is 6.61. The molecule has 0 spiro atoms. The molecule has 1 aliphatic heterocycles. The van der Waals surface area contributed by atoms with E-state index in [1.54, 1.807) is 18.9 Å². The highest BCUT2D eigenvalue weighted by atomic mass is 32.2. The zero-order valence-corrected chi connectivity index (χ0v) is 17.9. The molecular formula is C23H28N4OS. The number of benzene rings is 2. The van der Waals surface area contributed by atoms with Crippen LogP contribution in [0.25, 0.3) is 0 Å². The summed E-state index contributed by atoms with van der Waals surface area (Å²) in [7, 11) is 3.81. The zero-order chi connectivity index (χ0) is 20.1. The molecular weight excluding hydrogens is 380 g/mol. The van der Waals surface area contributed by atoms with E-state index in [-0.39, 0.29) is 0 Å². The molecule has 2 aromatic carbocycles. The molecule has 1 unspecified atom stereocenters. The molecule has 1 aromatic heterocycles. The Labute approximate surface area is 177 Å². The van der Waals surface area contributed by atoms with Crippen LogP contribution in [0, 0.1) is 0 Å². The summed E-state index contributed by atoms with van der Waals surface area (Å²) in [5, 5.41) is 10.0. The summed E-state index contributed by atoms with van der Waals surface area (Å²) in [5.74, 6) is 3.37. The minimum atomic E-state index is 0.436. The van der Waals surface area contributed by atoms with Gasteiger partial charge in [-0.15, -0.1) is 10.2 Å². The van der Waals surface area contributed by atoms with Crippen LogP contribution in [0.15, 0.2) is 59.8 Å². The van der Waals surface area contributed by atoms with Gasteiger partial charge in [0, 0.05) is 31.8 Å². The largest absolute Gasteiger partial charge is 0.497 e. The van der Waals surface area contributed by atoms with Crippen molar-refractivity contribution in [3.8, 4) is 5.75 Å². The van der Waals surface area contributed by atoms with Gasteiger partial charge in [0.2, 0.25) is 0 Å². The standard InChI is InChI=1S/C23H28N4OS/c1-26-22(24-25-23(26)29-17-19-7-4-3-5-8-19)20-9-6-14-27(16-20)15-18-10-12-21(28-2)13-11-18/h3-5,7-8,10-13,20H,6,9,14-17H2,1-2H3. The average molecular weight is 409 g/mol. The number of ether oxygens (including phenoxy) is 1. The van der Waals surface area contributed by atoms with Crippen molar-refractivity contribution >= 4 is 11.8 Å². The molecule has 0 aliphatic carbocycles. The molecule has 0 saturated carbocycles. The molecule has 0 bridgehead atoms. The molecule has 0 radical (unpaired) electrons. The van der Waals surface area contributed by atoms with Crippen molar-refractivity contribution in [3.05, 3.63) is 71.5 Å². The number of hydrogen-bond acceptors (Lipinski definition) is 5. The summed E-state index contributed by atoms with van der Waals surface area (Å²) < 4.78 is 7.45. The maximum atomic E-state index is 5.26. The van der Waals surface area contributed by atoms with E-state index in [9.17, 15) is 0 Å². The molecule has 3 aromatic rings. The highest BCUT2D eigenvalue weighted by Crippen LogP contribution is 2.29. The molecule has 0 amide bonds. The molecule has 6 heteroatoms. The van der Waals surface area contributed by atoms with Crippen molar-refractivity contribution in [1.82, 2.24) is 19.7 Å². The molecule has 1 aliphatic rings. The molecule has 0 N–H and O–H groups in total. The molecule has 29 heavy (non-hydrogen) atoms. The second kappa shape index (κ2) is 9.46. The fraction of sp³-hybridized carbons (Fsp3) is 0.391. The first-order chi connectivity index (χ1) is 14.2. The Morgan fingerprint density at radius 3 is 2.59 bits per heavy atom. The number of piperidine rings is 1. The first kappa shape index (κ1) is 20.0. The van der Waals surface area contributed by atoms with Gasteiger partial charge >= 0.3 is 0 Å². The average Bonchev–Trinajstić information content (AvgIpc) is 3.14. The van der Waals surface area contributed by atoms with E-state index in [2.05, 4.69) is 69.2 Å². The van der Waals surface area contributed by atoms with Gasteiger partial charge < -0.3 is 9.30 Å². The van der Waals surface area contributed by atoms with Gasteiger partial charge in [-0.25, -0.2) is 0 Å². The third-order valence-electron chi connectivity index (χ3n) is 5.52. The Balaban J connectivity index is 1.38. The lowest BCUT2D eigenvalue weighted by molar-refractivity contribution is 0.195.